The van der Waals surface area contributed by atoms with Gasteiger partial charge in [-0.25, -0.2) is 4.39 Å². The van der Waals surface area contributed by atoms with Gasteiger partial charge >= 0.3 is 0 Å². The lowest BCUT2D eigenvalue weighted by atomic mass is 10.1. The van der Waals surface area contributed by atoms with Crippen molar-refractivity contribution in [3.8, 4) is 0 Å². The Morgan fingerprint density at radius 1 is 1.32 bits per heavy atom. The number of carbonyl (C=O) groups excluding carboxylic acids is 1. The molecule has 104 valence electrons. The number of rotatable bonds is 4. The van der Waals surface area contributed by atoms with E-state index >= 15 is 0 Å². The van der Waals surface area contributed by atoms with Gasteiger partial charge in [-0.1, -0.05) is 22.4 Å². The standard InChI is InChI=1S/C14H18BrFN2O/c15-11-4-5-13(16)12(10-11)14(19)17-6-9-18-7-2-1-3-8-18/h4-5,10H,1-3,6-9H2,(H,17,19). The summed E-state index contributed by atoms with van der Waals surface area (Å²) in [4.78, 5) is 14.2. The summed E-state index contributed by atoms with van der Waals surface area (Å²) in [7, 11) is 0. The molecule has 0 atom stereocenters. The predicted molar refractivity (Wildman–Crippen MR) is 76.7 cm³/mol. The number of likely N-dealkylation sites (tertiary alicyclic amines) is 1. The summed E-state index contributed by atoms with van der Waals surface area (Å²) in [5.41, 5.74) is 0.0908. The van der Waals surface area contributed by atoms with Gasteiger partial charge < -0.3 is 10.2 Å². The first-order chi connectivity index (χ1) is 9.16. The molecule has 19 heavy (non-hydrogen) atoms. The first kappa shape index (κ1) is 14.5. The van der Waals surface area contributed by atoms with Crippen LogP contribution in [-0.2, 0) is 0 Å². The number of carbonyl (C=O) groups is 1. The molecule has 0 radical (unpaired) electrons. The third kappa shape index (κ3) is 4.28. The quantitative estimate of drug-likeness (QED) is 0.921. The van der Waals surface area contributed by atoms with E-state index in [1.807, 2.05) is 0 Å². The zero-order chi connectivity index (χ0) is 13.7. The van der Waals surface area contributed by atoms with Crippen molar-refractivity contribution in [1.29, 1.82) is 0 Å². The molecule has 1 aromatic rings. The minimum atomic E-state index is -0.487. The maximum atomic E-state index is 13.5. The fourth-order valence-corrected chi connectivity index (χ4v) is 2.64. The number of benzene rings is 1. The summed E-state index contributed by atoms with van der Waals surface area (Å²) in [6.45, 7) is 3.59. The monoisotopic (exact) mass is 328 g/mol. The van der Waals surface area contributed by atoms with Crippen LogP contribution in [0.15, 0.2) is 22.7 Å². The van der Waals surface area contributed by atoms with E-state index in [-0.39, 0.29) is 11.5 Å². The smallest absolute Gasteiger partial charge is 0.254 e. The third-order valence-electron chi connectivity index (χ3n) is 3.34. The van der Waals surface area contributed by atoms with Gasteiger partial charge in [0, 0.05) is 17.6 Å². The van der Waals surface area contributed by atoms with Gasteiger partial charge in [0.2, 0.25) is 0 Å². The van der Waals surface area contributed by atoms with E-state index < -0.39 is 5.82 Å². The van der Waals surface area contributed by atoms with Crippen LogP contribution in [0.2, 0.25) is 0 Å². The van der Waals surface area contributed by atoms with Crippen molar-refractivity contribution in [2.75, 3.05) is 26.2 Å². The molecule has 1 aromatic carbocycles. The van der Waals surface area contributed by atoms with Crippen LogP contribution in [-0.4, -0.2) is 37.0 Å². The maximum absolute atomic E-state index is 13.5. The van der Waals surface area contributed by atoms with E-state index in [9.17, 15) is 9.18 Å². The molecule has 1 N–H and O–H groups in total. The van der Waals surface area contributed by atoms with Crippen LogP contribution >= 0.6 is 15.9 Å². The van der Waals surface area contributed by atoms with Crippen LogP contribution in [0.25, 0.3) is 0 Å². The molecule has 0 bridgehead atoms. The van der Waals surface area contributed by atoms with Crippen LogP contribution in [0.3, 0.4) is 0 Å². The highest BCUT2D eigenvalue weighted by Crippen LogP contribution is 2.15. The Hall–Kier alpha value is -0.940. The van der Waals surface area contributed by atoms with Gasteiger partial charge in [0.15, 0.2) is 0 Å². The Morgan fingerprint density at radius 2 is 2.05 bits per heavy atom. The van der Waals surface area contributed by atoms with Crippen molar-refractivity contribution < 1.29 is 9.18 Å². The lowest BCUT2D eigenvalue weighted by molar-refractivity contribution is 0.0942. The van der Waals surface area contributed by atoms with Crippen LogP contribution < -0.4 is 5.32 Å². The van der Waals surface area contributed by atoms with Gasteiger partial charge in [-0.2, -0.15) is 0 Å². The highest BCUT2D eigenvalue weighted by molar-refractivity contribution is 9.10. The second-order valence-corrected chi connectivity index (χ2v) is 5.70. The molecule has 0 saturated carbocycles. The second-order valence-electron chi connectivity index (χ2n) is 4.78. The molecule has 1 amide bonds. The molecular weight excluding hydrogens is 311 g/mol. The fraction of sp³-hybridized carbons (Fsp3) is 0.500. The number of hydrogen-bond acceptors (Lipinski definition) is 2. The molecule has 0 aliphatic carbocycles. The summed E-state index contributed by atoms with van der Waals surface area (Å²) in [6, 6.07) is 4.38. The lowest BCUT2D eigenvalue weighted by Gasteiger charge is -2.26. The minimum Gasteiger partial charge on any atom is -0.351 e. The van der Waals surface area contributed by atoms with E-state index in [0.29, 0.717) is 11.0 Å². The number of nitrogens with one attached hydrogen (secondary N) is 1. The summed E-state index contributed by atoms with van der Waals surface area (Å²) in [5, 5.41) is 2.77. The molecule has 2 rings (SSSR count). The number of halogens is 2. The van der Waals surface area contributed by atoms with Crippen molar-refractivity contribution in [2.24, 2.45) is 0 Å². The first-order valence-corrected chi connectivity index (χ1v) is 7.42. The maximum Gasteiger partial charge on any atom is 0.254 e. The number of piperidine rings is 1. The molecule has 0 aromatic heterocycles. The highest BCUT2D eigenvalue weighted by atomic mass is 79.9. The number of amides is 1. The molecule has 1 heterocycles. The summed E-state index contributed by atoms with van der Waals surface area (Å²) >= 11 is 3.24. The van der Waals surface area contributed by atoms with E-state index in [4.69, 9.17) is 0 Å². The van der Waals surface area contributed by atoms with E-state index in [1.165, 1.54) is 31.4 Å². The highest BCUT2D eigenvalue weighted by Gasteiger charge is 2.13. The normalized spacial score (nSPS) is 16.3. The van der Waals surface area contributed by atoms with Gasteiger partial charge in [-0.15, -0.1) is 0 Å². The van der Waals surface area contributed by atoms with Crippen LogP contribution in [0.5, 0.6) is 0 Å². The first-order valence-electron chi connectivity index (χ1n) is 6.62. The van der Waals surface area contributed by atoms with Gasteiger partial charge in [0.1, 0.15) is 5.82 Å². The zero-order valence-electron chi connectivity index (χ0n) is 10.8. The molecule has 5 heteroatoms. The molecule has 1 aliphatic rings. The minimum absolute atomic E-state index is 0.0908. The topological polar surface area (TPSA) is 32.3 Å². The molecule has 3 nitrogen and oxygen atoms in total. The average molecular weight is 329 g/mol. The van der Waals surface area contributed by atoms with Crippen LogP contribution in [0.4, 0.5) is 4.39 Å². The molecule has 1 aliphatic heterocycles. The third-order valence-corrected chi connectivity index (χ3v) is 3.83. The molecule has 0 unspecified atom stereocenters. The van der Waals surface area contributed by atoms with Gasteiger partial charge in [0.25, 0.3) is 5.91 Å². The summed E-state index contributed by atoms with van der Waals surface area (Å²) < 4.78 is 14.2. The average Bonchev–Trinajstić information content (AvgIpc) is 2.42. The van der Waals surface area contributed by atoms with E-state index in [2.05, 4.69) is 26.1 Å². The van der Waals surface area contributed by atoms with Crippen molar-refractivity contribution in [2.45, 2.75) is 19.3 Å². The molecule has 1 saturated heterocycles. The molecular formula is C14H18BrFN2O. The van der Waals surface area contributed by atoms with Gasteiger partial charge in [-0.05, 0) is 44.1 Å². The Kier molecular flexibility index (Phi) is 5.34. The summed E-state index contributed by atoms with van der Waals surface area (Å²) in [6.07, 6.45) is 3.76. The van der Waals surface area contributed by atoms with Gasteiger partial charge in [-0.3, -0.25) is 4.79 Å². The zero-order valence-corrected chi connectivity index (χ0v) is 12.4. The van der Waals surface area contributed by atoms with Crippen LogP contribution in [0.1, 0.15) is 29.6 Å². The van der Waals surface area contributed by atoms with Crippen LogP contribution in [0, 0.1) is 5.82 Å². The van der Waals surface area contributed by atoms with Crippen molar-refractivity contribution >= 4 is 21.8 Å². The second kappa shape index (κ2) is 7.01. The molecule has 0 spiro atoms. The fourth-order valence-electron chi connectivity index (χ4n) is 2.28. The Morgan fingerprint density at radius 3 is 2.79 bits per heavy atom. The molecule has 1 fully saturated rings. The SMILES string of the molecule is O=C(NCCN1CCCCC1)c1cc(Br)ccc1F. The van der Waals surface area contributed by atoms with Crippen molar-refractivity contribution in [3.63, 3.8) is 0 Å². The van der Waals surface area contributed by atoms with Gasteiger partial charge in [0.05, 0.1) is 5.56 Å². The lowest BCUT2D eigenvalue weighted by Crippen LogP contribution is -2.37. The Bertz CT molecular complexity index is 447. The van der Waals surface area contributed by atoms with Crippen molar-refractivity contribution in [3.05, 3.63) is 34.1 Å². The predicted octanol–water partition coefficient (Wildman–Crippen LogP) is 2.80. The van der Waals surface area contributed by atoms with E-state index in [1.54, 1.807) is 6.07 Å². The van der Waals surface area contributed by atoms with Crippen molar-refractivity contribution in [1.82, 2.24) is 10.2 Å². The largest absolute Gasteiger partial charge is 0.351 e. The Labute approximate surface area is 121 Å². The summed E-state index contributed by atoms with van der Waals surface area (Å²) in [5.74, 6) is -0.838. The number of nitrogens with zero attached hydrogens (tertiary/aromatic N) is 1. The Balaban J connectivity index is 1.82. The van der Waals surface area contributed by atoms with E-state index in [0.717, 1.165) is 19.6 Å². The number of hydrogen-bond donors (Lipinski definition) is 1.